The van der Waals surface area contributed by atoms with Crippen molar-refractivity contribution in [1.82, 2.24) is 0 Å². The van der Waals surface area contributed by atoms with Crippen LogP contribution in [0.3, 0.4) is 0 Å². The molecule has 2 aliphatic rings. The molecular weight excluding hydrogens is 280 g/mol. The van der Waals surface area contributed by atoms with Gasteiger partial charge in [-0.25, -0.2) is 0 Å². The van der Waals surface area contributed by atoms with Crippen molar-refractivity contribution in [1.29, 1.82) is 0 Å². The molecule has 0 bridgehead atoms. The van der Waals surface area contributed by atoms with Crippen LogP contribution in [-0.4, -0.2) is 38.6 Å². The second-order valence-electron chi connectivity index (χ2n) is 6.11. The summed E-state index contributed by atoms with van der Waals surface area (Å²) in [5.41, 5.74) is 1.27. The summed E-state index contributed by atoms with van der Waals surface area (Å²) in [6.07, 6.45) is 6.66. The van der Waals surface area contributed by atoms with Gasteiger partial charge in [0.05, 0.1) is 13.2 Å². The fourth-order valence-electron chi connectivity index (χ4n) is 2.41. The molecule has 2 fully saturated rings. The molecule has 0 aliphatic carbocycles. The summed E-state index contributed by atoms with van der Waals surface area (Å²) < 4.78 is 22.1. The Hall–Kier alpha value is -1.26. The van der Waals surface area contributed by atoms with E-state index < -0.39 is 0 Å². The van der Waals surface area contributed by atoms with Crippen molar-refractivity contribution in [3.05, 3.63) is 23.8 Å². The molecule has 4 nitrogen and oxygen atoms in total. The average Bonchev–Trinajstić information content (AvgIpc) is 3.43. The maximum atomic E-state index is 5.94. The predicted molar refractivity (Wildman–Crippen MR) is 84.8 cm³/mol. The van der Waals surface area contributed by atoms with Crippen LogP contribution in [0.2, 0.25) is 0 Å². The molecule has 0 N–H and O–H groups in total. The van der Waals surface area contributed by atoms with Gasteiger partial charge in [0.1, 0.15) is 36.9 Å². The minimum absolute atomic E-state index is 0.275. The van der Waals surface area contributed by atoms with Crippen LogP contribution in [0.5, 0.6) is 11.5 Å². The van der Waals surface area contributed by atoms with Gasteiger partial charge in [-0.1, -0.05) is 32.3 Å². The number of aryl methyl sites for hydroxylation is 1. The molecule has 0 radical (unpaired) electrons. The summed E-state index contributed by atoms with van der Waals surface area (Å²) in [5.74, 6) is 1.81. The molecule has 0 spiro atoms. The SMILES string of the molecule is CCCCCCc1ccc(OCC2CO2)cc1OCC1CO1. The zero-order valence-electron chi connectivity index (χ0n) is 13.4. The van der Waals surface area contributed by atoms with Crippen LogP contribution in [0.15, 0.2) is 18.2 Å². The normalized spacial score (nSPS) is 22.4. The Labute approximate surface area is 132 Å². The van der Waals surface area contributed by atoms with E-state index >= 15 is 0 Å². The molecule has 0 aromatic heterocycles. The Kier molecular flexibility index (Phi) is 5.57. The molecule has 0 amide bonds. The highest BCUT2D eigenvalue weighted by Gasteiger charge is 2.24. The molecule has 2 unspecified atom stereocenters. The fourth-order valence-corrected chi connectivity index (χ4v) is 2.41. The molecule has 2 atom stereocenters. The van der Waals surface area contributed by atoms with Crippen LogP contribution < -0.4 is 9.47 Å². The molecule has 4 heteroatoms. The Bertz CT molecular complexity index is 466. The fraction of sp³-hybridized carbons (Fsp3) is 0.667. The van der Waals surface area contributed by atoms with Crippen LogP contribution in [0, 0.1) is 0 Å². The van der Waals surface area contributed by atoms with E-state index in [0.29, 0.717) is 13.2 Å². The Balaban J connectivity index is 1.57. The third-order valence-electron chi connectivity index (χ3n) is 4.00. The summed E-state index contributed by atoms with van der Waals surface area (Å²) in [6, 6.07) is 6.19. The van der Waals surface area contributed by atoms with Crippen LogP contribution in [0.4, 0.5) is 0 Å². The topological polar surface area (TPSA) is 43.5 Å². The van der Waals surface area contributed by atoms with Crippen molar-refractivity contribution in [2.75, 3.05) is 26.4 Å². The van der Waals surface area contributed by atoms with E-state index in [4.69, 9.17) is 18.9 Å². The minimum Gasteiger partial charge on any atom is -0.491 e. The number of epoxide rings is 2. The van der Waals surface area contributed by atoms with Gasteiger partial charge >= 0.3 is 0 Å². The van der Waals surface area contributed by atoms with Gasteiger partial charge in [0.15, 0.2) is 0 Å². The van der Waals surface area contributed by atoms with Crippen LogP contribution in [0.25, 0.3) is 0 Å². The first-order valence-corrected chi connectivity index (χ1v) is 8.47. The van der Waals surface area contributed by atoms with Gasteiger partial charge in [0, 0.05) is 6.07 Å². The highest BCUT2D eigenvalue weighted by Crippen LogP contribution is 2.28. The number of rotatable bonds is 11. The van der Waals surface area contributed by atoms with Crippen molar-refractivity contribution in [3.8, 4) is 11.5 Å². The molecule has 3 rings (SSSR count). The molecule has 2 saturated heterocycles. The summed E-state index contributed by atoms with van der Waals surface area (Å²) in [7, 11) is 0. The van der Waals surface area contributed by atoms with E-state index in [9.17, 15) is 0 Å². The van der Waals surface area contributed by atoms with Crippen molar-refractivity contribution in [3.63, 3.8) is 0 Å². The molecule has 2 heterocycles. The number of ether oxygens (including phenoxy) is 4. The quantitative estimate of drug-likeness (QED) is 0.464. The first kappa shape index (κ1) is 15.6. The molecule has 0 saturated carbocycles. The third kappa shape index (κ3) is 5.18. The van der Waals surface area contributed by atoms with E-state index in [2.05, 4.69) is 13.0 Å². The van der Waals surface area contributed by atoms with Crippen molar-refractivity contribution >= 4 is 0 Å². The van der Waals surface area contributed by atoms with Gasteiger partial charge in [-0.05, 0) is 24.5 Å². The molecule has 1 aromatic carbocycles. The predicted octanol–water partition coefficient (Wildman–Crippen LogP) is 3.36. The lowest BCUT2D eigenvalue weighted by atomic mass is 10.1. The monoisotopic (exact) mass is 306 g/mol. The summed E-state index contributed by atoms with van der Waals surface area (Å²) in [6.45, 7) is 5.14. The number of hydrogen-bond acceptors (Lipinski definition) is 4. The van der Waals surface area contributed by atoms with Crippen molar-refractivity contribution in [2.24, 2.45) is 0 Å². The number of unbranched alkanes of at least 4 members (excludes halogenated alkanes) is 3. The van der Waals surface area contributed by atoms with Gasteiger partial charge in [-0.2, -0.15) is 0 Å². The van der Waals surface area contributed by atoms with E-state index in [0.717, 1.165) is 31.1 Å². The lowest BCUT2D eigenvalue weighted by Gasteiger charge is -2.13. The van der Waals surface area contributed by atoms with Crippen LogP contribution in [-0.2, 0) is 15.9 Å². The molecule has 122 valence electrons. The van der Waals surface area contributed by atoms with E-state index in [1.165, 1.54) is 31.2 Å². The molecule has 1 aromatic rings. The van der Waals surface area contributed by atoms with Crippen molar-refractivity contribution in [2.45, 2.75) is 51.2 Å². The first-order chi connectivity index (χ1) is 10.8. The molecule has 2 aliphatic heterocycles. The van der Waals surface area contributed by atoms with E-state index in [-0.39, 0.29) is 12.2 Å². The second-order valence-corrected chi connectivity index (χ2v) is 6.11. The van der Waals surface area contributed by atoms with Gasteiger partial charge < -0.3 is 18.9 Å². The van der Waals surface area contributed by atoms with Crippen molar-refractivity contribution < 1.29 is 18.9 Å². The average molecular weight is 306 g/mol. The van der Waals surface area contributed by atoms with E-state index in [1.807, 2.05) is 12.1 Å². The zero-order chi connectivity index (χ0) is 15.2. The minimum atomic E-state index is 0.275. The Morgan fingerprint density at radius 3 is 2.41 bits per heavy atom. The lowest BCUT2D eigenvalue weighted by molar-refractivity contribution is 0.251. The Morgan fingerprint density at radius 1 is 1.00 bits per heavy atom. The highest BCUT2D eigenvalue weighted by atomic mass is 16.6. The standard InChI is InChI=1S/C18H26O4/c1-2-3-4-5-6-14-7-8-15(19-10-16-11-20-16)9-18(14)22-13-17-12-21-17/h7-9,16-17H,2-6,10-13H2,1H3. The first-order valence-electron chi connectivity index (χ1n) is 8.47. The molecular formula is C18H26O4. The van der Waals surface area contributed by atoms with Gasteiger partial charge in [-0.3, -0.25) is 0 Å². The van der Waals surface area contributed by atoms with Gasteiger partial charge in [0.25, 0.3) is 0 Å². The maximum Gasteiger partial charge on any atom is 0.126 e. The van der Waals surface area contributed by atoms with Gasteiger partial charge in [0.2, 0.25) is 0 Å². The van der Waals surface area contributed by atoms with E-state index in [1.54, 1.807) is 0 Å². The van der Waals surface area contributed by atoms with Crippen LogP contribution in [0.1, 0.15) is 38.2 Å². The largest absolute Gasteiger partial charge is 0.491 e. The summed E-state index contributed by atoms with van der Waals surface area (Å²) in [4.78, 5) is 0. The smallest absolute Gasteiger partial charge is 0.126 e. The third-order valence-corrected chi connectivity index (χ3v) is 4.00. The Morgan fingerprint density at radius 2 is 1.73 bits per heavy atom. The highest BCUT2D eigenvalue weighted by molar-refractivity contribution is 5.41. The van der Waals surface area contributed by atoms with Crippen LogP contribution >= 0.6 is 0 Å². The summed E-state index contributed by atoms with van der Waals surface area (Å²) in [5, 5.41) is 0. The summed E-state index contributed by atoms with van der Waals surface area (Å²) >= 11 is 0. The maximum absolute atomic E-state index is 5.94. The lowest BCUT2D eigenvalue weighted by Crippen LogP contribution is -2.08. The second kappa shape index (κ2) is 7.84. The number of benzene rings is 1. The number of hydrogen-bond donors (Lipinski definition) is 0. The molecule has 22 heavy (non-hydrogen) atoms. The van der Waals surface area contributed by atoms with Gasteiger partial charge in [-0.15, -0.1) is 0 Å². The zero-order valence-corrected chi connectivity index (χ0v) is 13.4.